The van der Waals surface area contributed by atoms with E-state index in [0.29, 0.717) is 53.2 Å². The zero-order chi connectivity index (χ0) is 21.3. The molecule has 0 saturated carbocycles. The molecule has 10 heteroatoms. The van der Waals surface area contributed by atoms with Crippen molar-refractivity contribution in [1.29, 1.82) is 0 Å². The molecule has 0 N–H and O–H groups in total. The highest BCUT2D eigenvalue weighted by Crippen LogP contribution is 2.29. The van der Waals surface area contributed by atoms with E-state index >= 15 is 0 Å². The number of nitro groups is 1. The Balaban J connectivity index is 1.45. The van der Waals surface area contributed by atoms with Crippen LogP contribution in [0.25, 0.3) is 5.69 Å². The number of amides is 1. The Morgan fingerprint density at radius 2 is 1.77 bits per heavy atom. The summed E-state index contributed by atoms with van der Waals surface area (Å²) < 4.78 is 1.54. The van der Waals surface area contributed by atoms with Gasteiger partial charge in [-0.1, -0.05) is 35.3 Å². The van der Waals surface area contributed by atoms with Gasteiger partial charge in [-0.15, -0.1) is 0 Å². The van der Waals surface area contributed by atoms with Gasteiger partial charge in [0.1, 0.15) is 5.69 Å². The Morgan fingerprint density at radius 3 is 2.47 bits per heavy atom. The predicted octanol–water partition coefficient (Wildman–Crippen LogP) is 4.05. The van der Waals surface area contributed by atoms with Gasteiger partial charge in [0, 0.05) is 43.5 Å². The SMILES string of the molecule is O=C(c1cnn(-c2ccc(Cl)cc2Cl)c1)N1CCN(c2ccccc2[N+](=O)[O-])CC1. The maximum absolute atomic E-state index is 12.9. The van der Waals surface area contributed by atoms with E-state index in [4.69, 9.17) is 23.2 Å². The lowest BCUT2D eigenvalue weighted by atomic mass is 10.2. The molecule has 0 unspecified atom stereocenters. The molecule has 4 rings (SSSR count). The van der Waals surface area contributed by atoms with Crippen molar-refractivity contribution in [2.75, 3.05) is 31.1 Å². The van der Waals surface area contributed by atoms with Crippen LogP contribution in [0.1, 0.15) is 10.4 Å². The van der Waals surface area contributed by atoms with Gasteiger partial charge < -0.3 is 9.80 Å². The molecule has 1 aromatic heterocycles. The summed E-state index contributed by atoms with van der Waals surface area (Å²) in [7, 11) is 0. The van der Waals surface area contributed by atoms with Gasteiger partial charge in [0.15, 0.2) is 0 Å². The van der Waals surface area contributed by atoms with Crippen LogP contribution in [0, 0.1) is 10.1 Å². The highest BCUT2D eigenvalue weighted by atomic mass is 35.5. The number of hydrogen-bond acceptors (Lipinski definition) is 5. The quantitative estimate of drug-likeness (QED) is 0.446. The number of nitrogens with zero attached hydrogens (tertiary/aromatic N) is 5. The molecule has 0 bridgehead atoms. The number of piperazine rings is 1. The van der Waals surface area contributed by atoms with Gasteiger partial charge in [0.05, 0.1) is 27.4 Å². The van der Waals surface area contributed by atoms with E-state index in [2.05, 4.69) is 5.10 Å². The summed E-state index contributed by atoms with van der Waals surface area (Å²) in [6, 6.07) is 11.7. The molecule has 1 saturated heterocycles. The molecular formula is C20H17Cl2N5O3. The lowest BCUT2D eigenvalue weighted by Gasteiger charge is -2.35. The molecule has 154 valence electrons. The first-order valence-corrected chi connectivity index (χ1v) is 9.97. The summed E-state index contributed by atoms with van der Waals surface area (Å²) in [5.74, 6) is -0.145. The van der Waals surface area contributed by atoms with Crippen LogP contribution in [-0.4, -0.2) is 51.7 Å². The van der Waals surface area contributed by atoms with E-state index < -0.39 is 0 Å². The molecule has 2 aromatic carbocycles. The second-order valence-electron chi connectivity index (χ2n) is 6.79. The second-order valence-corrected chi connectivity index (χ2v) is 7.64. The van der Waals surface area contributed by atoms with E-state index in [-0.39, 0.29) is 16.5 Å². The van der Waals surface area contributed by atoms with Crippen molar-refractivity contribution in [2.24, 2.45) is 0 Å². The van der Waals surface area contributed by atoms with E-state index in [9.17, 15) is 14.9 Å². The van der Waals surface area contributed by atoms with Gasteiger partial charge in [-0.25, -0.2) is 4.68 Å². The minimum Gasteiger partial charge on any atom is -0.362 e. The van der Waals surface area contributed by atoms with Crippen LogP contribution >= 0.6 is 23.2 Å². The van der Waals surface area contributed by atoms with Crippen molar-refractivity contribution < 1.29 is 9.72 Å². The molecule has 1 aliphatic rings. The molecule has 30 heavy (non-hydrogen) atoms. The van der Waals surface area contributed by atoms with E-state index in [1.165, 1.54) is 16.9 Å². The molecular weight excluding hydrogens is 429 g/mol. The average molecular weight is 446 g/mol. The van der Waals surface area contributed by atoms with Crippen molar-refractivity contribution in [1.82, 2.24) is 14.7 Å². The third-order valence-electron chi connectivity index (χ3n) is 4.97. The molecule has 8 nitrogen and oxygen atoms in total. The molecule has 0 radical (unpaired) electrons. The Hall–Kier alpha value is -3.10. The normalized spacial score (nSPS) is 14.1. The minimum atomic E-state index is -0.386. The number of rotatable bonds is 4. The number of hydrogen-bond donors (Lipinski definition) is 0. The largest absolute Gasteiger partial charge is 0.362 e. The lowest BCUT2D eigenvalue weighted by Crippen LogP contribution is -2.48. The molecule has 0 spiro atoms. The van der Waals surface area contributed by atoms with Crippen LogP contribution in [0.4, 0.5) is 11.4 Å². The Bertz CT molecular complexity index is 1110. The highest BCUT2D eigenvalue weighted by molar-refractivity contribution is 6.35. The number of nitro benzene ring substituents is 1. The molecule has 1 fully saturated rings. The number of carbonyl (C=O) groups excluding carboxylic acids is 1. The van der Waals surface area contributed by atoms with Crippen LogP contribution in [0.2, 0.25) is 10.0 Å². The first-order valence-electron chi connectivity index (χ1n) is 9.22. The average Bonchev–Trinajstić information content (AvgIpc) is 3.23. The van der Waals surface area contributed by atoms with Gasteiger partial charge in [0.25, 0.3) is 11.6 Å². The van der Waals surface area contributed by atoms with E-state index in [1.54, 1.807) is 47.5 Å². The summed E-state index contributed by atoms with van der Waals surface area (Å²) in [4.78, 5) is 27.4. The van der Waals surface area contributed by atoms with Gasteiger partial charge >= 0.3 is 0 Å². The number of halogens is 2. The fourth-order valence-corrected chi connectivity index (χ4v) is 3.95. The van der Waals surface area contributed by atoms with Crippen molar-refractivity contribution in [3.8, 4) is 5.69 Å². The number of aromatic nitrogens is 2. The zero-order valence-electron chi connectivity index (χ0n) is 15.7. The van der Waals surface area contributed by atoms with Crippen LogP contribution in [0.5, 0.6) is 0 Å². The van der Waals surface area contributed by atoms with Crippen LogP contribution in [0.15, 0.2) is 54.9 Å². The molecule has 3 aromatic rings. The Kier molecular flexibility index (Phi) is 5.61. The van der Waals surface area contributed by atoms with Crippen molar-refractivity contribution >= 4 is 40.5 Å². The Morgan fingerprint density at radius 1 is 1.03 bits per heavy atom. The maximum Gasteiger partial charge on any atom is 0.292 e. The lowest BCUT2D eigenvalue weighted by molar-refractivity contribution is -0.384. The smallest absolute Gasteiger partial charge is 0.292 e. The van der Waals surface area contributed by atoms with Crippen molar-refractivity contribution in [3.05, 3.63) is 80.6 Å². The highest BCUT2D eigenvalue weighted by Gasteiger charge is 2.26. The third-order valence-corrected chi connectivity index (χ3v) is 5.51. The molecule has 0 atom stereocenters. The van der Waals surface area contributed by atoms with E-state index in [0.717, 1.165) is 0 Å². The van der Waals surface area contributed by atoms with E-state index in [1.807, 2.05) is 4.90 Å². The minimum absolute atomic E-state index is 0.0680. The van der Waals surface area contributed by atoms with Crippen LogP contribution in [0.3, 0.4) is 0 Å². The predicted molar refractivity (Wildman–Crippen MR) is 115 cm³/mol. The fraction of sp³-hybridized carbons (Fsp3) is 0.200. The summed E-state index contributed by atoms with van der Waals surface area (Å²) in [6.07, 6.45) is 3.13. The fourth-order valence-electron chi connectivity index (χ4n) is 3.45. The van der Waals surface area contributed by atoms with Gasteiger partial charge in [-0.3, -0.25) is 14.9 Å². The number of carbonyl (C=O) groups is 1. The van der Waals surface area contributed by atoms with Crippen LogP contribution < -0.4 is 4.90 Å². The first kappa shape index (κ1) is 20.2. The molecule has 0 aliphatic carbocycles. The number of anilines is 1. The molecule has 2 heterocycles. The molecule has 1 aliphatic heterocycles. The molecule has 1 amide bonds. The van der Waals surface area contributed by atoms with Crippen LogP contribution in [-0.2, 0) is 0 Å². The Labute approximate surface area is 182 Å². The zero-order valence-corrected chi connectivity index (χ0v) is 17.3. The van der Waals surface area contributed by atoms with Gasteiger partial charge in [-0.2, -0.15) is 5.10 Å². The second kappa shape index (κ2) is 8.33. The standard InChI is InChI=1S/C20H17Cl2N5O3/c21-15-5-6-17(16(22)11-15)26-13-14(12-23-26)20(28)25-9-7-24(8-10-25)18-3-1-2-4-19(18)27(29)30/h1-6,11-13H,7-10H2. The van der Waals surface area contributed by atoms with Crippen molar-refractivity contribution in [2.45, 2.75) is 0 Å². The van der Waals surface area contributed by atoms with Gasteiger partial charge in [0.2, 0.25) is 0 Å². The van der Waals surface area contributed by atoms with Crippen molar-refractivity contribution in [3.63, 3.8) is 0 Å². The summed E-state index contributed by atoms with van der Waals surface area (Å²) in [5.41, 5.74) is 1.71. The summed E-state index contributed by atoms with van der Waals surface area (Å²) in [6.45, 7) is 1.93. The summed E-state index contributed by atoms with van der Waals surface area (Å²) >= 11 is 12.1. The number of para-hydroxylation sites is 2. The first-order chi connectivity index (χ1) is 14.4. The monoisotopic (exact) mass is 445 g/mol. The number of benzene rings is 2. The topological polar surface area (TPSA) is 84.5 Å². The summed E-state index contributed by atoms with van der Waals surface area (Å²) in [5, 5.41) is 16.5. The third kappa shape index (κ3) is 3.96. The maximum atomic E-state index is 12.9. The van der Waals surface area contributed by atoms with Gasteiger partial charge in [-0.05, 0) is 24.3 Å².